The van der Waals surface area contributed by atoms with Crippen LogP contribution in [-0.4, -0.2) is 32.7 Å². The Morgan fingerprint density at radius 3 is 2.56 bits per heavy atom. The van der Waals surface area contributed by atoms with E-state index in [1.54, 1.807) is 30.3 Å². The quantitative estimate of drug-likeness (QED) is 0.316. The highest BCUT2D eigenvalue weighted by Crippen LogP contribution is 2.31. The SMILES string of the molecule is N=C(N)c1cccc(N2CCCC2C(=O)Nc2ccc(-c3ccccc3S(N)(=O)=O)cc2F)c1. The number of primary sulfonamides is 1. The van der Waals surface area contributed by atoms with E-state index in [2.05, 4.69) is 5.32 Å². The number of sulfonamides is 1. The Labute approximate surface area is 196 Å². The molecule has 0 bridgehead atoms. The first kappa shape index (κ1) is 23.4. The Morgan fingerprint density at radius 2 is 1.85 bits per heavy atom. The summed E-state index contributed by atoms with van der Waals surface area (Å²) in [4.78, 5) is 14.8. The fraction of sp³-hybridized carbons (Fsp3) is 0.167. The van der Waals surface area contributed by atoms with Crippen LogP contribution in [0.15, 0.2) is 71.6 Å². The monoisotopic (exact) mass is 481 g/mol. The van der Waals surface area contributed by atoms with Gasteiger partial charge in [-0.05, 0) is 48.7 Å². The molecule has 34 heavy (non-hydrogen) atoms. The minimum atomic E-state index is -3.99. The van der Waals surface area contributed by atoms with Crippen molar-refractivity contribution in [1.29, 1.82) is 5.41 Å². The molecule has 3 aromatic rings. The van der Waals surface area contributed by atoms with Crippen LogP contribution in [0.4, 0.5) is 15.8 Å². The van der Waals surface area contributed by atoms with Crippen LogP contribution < -0.4 is 21.1 Å². The lowest BCUT2D eigenvalue weighted by Gasteiger charge is -2.26. The molecule has 1 aliphatic heterocycles. The zero-order chi connectivity index (χ0) is 24.5. The lowest BCUT2D eigenvalue weighted by molar-refractivity contribution is -0.117. The third-order valence-corrected chi connectivity index (χ3v) is 6.74. The van der Waals surface area contributed by atoms with Gasteiger partial charge < -0.3 is 16.0 Å². The predicted molar refractivity (Wildman–Crippen MR) is 130 cm³/mol. The van der Waals surface area contributed by atoms with Gasteiger partial charge in [0.05, 0.1) is 10.6 Å². The number of hydrogen-bond donors (Lipinski definition) is 4. The molecule has 0 saturated carbocycles. The number of carbonyl (C=O) groups is 1. The molecule has 0 radical (unpaired) electrons. The summed E-state index contributed by atoms with van der Waals surface area (Å²) in [5, 5.41) is 15.6. The second-order valence-corrected chi connectivity index (χ2v) is 9.57. The number of rotatable bonds is 6. The van der Waals surface area contributed by atoms with Gasteiger partial charge in [0.1, 0.15) is 17.7 Å². The highest BCUT2D eigenvalue weighted by Gasteiger charge is 2.31. The number of nitrogen functional groups attached to an aromatic ring is 1. The maximum absolute atomic E-state index is 14.9. The van der Waals surface area contributed by atoms with Gasteiger partial charge in [-0.3, -0.25) is 10.2 Å². The summed E-state index contributed by atoms with van der Waals surface area (Å²) < 4.78 is 38.7. The number of hydrogen-bond acceptors (Lipinski definition) is 5. The minimum Gasteiger partial charge on any atom is -0.384 e. The third-order valence-electron chi connectivity index (χ3n) is 5.78. The Kier molecular flexibility index (Phi) is 6.36. The lowest BCUT2D eigenvalue weighted by Crippen LogP contribution is -2.40. The lowest BCUT2D eigenvalue weighted by atomic mass is 10.0. The first-order chi connectivity index (χ1) is 16.1. The zero-order valence-corrected chi connectivity index (χ0v) is 19.0. The molecule has 0 aliphatic carbocycles. The van der Waals surface area contributed by atoms with Crippen LogP contribution in [0.3, 0.4) is 0 Å². The molecule has 4 rings (SSSR count). The van der Waals surface area contributed by atoms with Crippen LogP contribution >= 0.6 is 0 Å². The number of amidine groups is 1. The molecule has 1 atom stereocenters. The van der Waals surface area contributed by atoms with E-state index in [1.165, 1.54) is 30.3 Å². The van der Waals surface area contributed by atoms with Crippen LogP contribution in [0.5, 0.6) is 0 Å². The zero-order valence-electron chi connectivity index (χ0n) is 18.2. The maximum Gasteiger partial charge on any atom is 0.247 e. The molecule has 1 heterocycles. The maximum atomic E-state index is 14.9. The van der Waals surface area contributed by atoms with Crippen molar-refractivity contribution in [3.05, 3.63) is 78.1 Å². The topological polar surface area (TPSA) is 142 Å². The smallest absolute Gasteiger partial charge is 0.247 e. The summed E-state index contributed by atoms with van der Waals surface area (Å²) in [5.74, 6) is -1.12. The minimum absolute atomic E-state index is 0.00817. The van der Waals surface area contributed by atoms with Crippen LogP contribution in [-0.2, 0) is 14.8 Å². The van der Waals surface area contributed by atoms with Crippen molar-refractivity contribution in [2.45, 2.75) is 23.8 Å². The Morgan fingerprint density at radius 1 is 1.09 bits per heavy atom. The average molecular weight is 482 g/mol. The van der Waals surface area contributed by atoms with E-state index < -0.39 is 21.9 Å². The molecule has 176 valence electrons. The van der Waals surface area contributed by atoms with Crippen molar-refractivity contribution in [3.8, 4) is 11.1 Å². The first-order valence-electron chi connectivity index (χ1n) is 10.6. The Balaban J connectivity index is 1.56. The van der Waals surface area contributed by atoms with Crippen molar-refractivity contribution in [2.24, 2.45) is 10.9 Å². The number of benzene rings is 3. The number of nitrogens with one attached hydrogen (secondary N) is 2. The van der Waals surface area contributed by atoms with E-state index in [1.807, 2.05) is 11.0 Å². The van der Waals surface area contributed by atoms with Gasteiger partial charge in [0.15, 0.2) is 0 Å². The molecule has 10 heteroatoms. The molecule has 1 unspecified atom stereocenters. The van der Waals surface area contributed by atoms with E-state index in [4.69, 9.17) is 16.3 Å². The van der Waals surface area contributed by atoms with Crippen molar-refractivity contribution in [3.63, 3.8) is 0 Å². The second-order valence-electron chi connectivity index (χ2n) is 8.04. The molecule has 0 spiro atoms. The summed E-state index contributed by atoms with van der Waals surface area (Å²) in [6.45, 7) is 0.644. The Bertz CT molecular complexity index is 1380. The van der Waals surface area contributed by atoms with Gasteiger partial charge in [-0.2, -0.15) is 0 Å². The molecule has 6 N–H and O–H groups in total. The van der Waals surface area contributed by atoms with Gasteiger partial charge in [0.2, 0.25) is 15.9 Å². The van der Waals surface area contributed by atoms with Crippen molar-refractivity contribution in [2.75, 3.05) is 16.8 Å². The standard InChI is InChI=1S/C24H24FN5O3S/c25-19-14-15(18-7-1-2-9-22(18)34(28,32)33)10-11-20(19)29-24(31)21-8-4-12-30(21)17-6-3-5-16(13-17)23(26)27/h1-3,5-7,9-11,13-14,21H,4,8,12H2,(H3,26,27)(H,29,31)(H2,28,32,33). The van der Waals surface area contributed by atoms with Gasteiger partial charge in [-0.1, -0.05) is 36.4 Å². The first-order valence-corrected chi connectivity index (χ1v) is 12.1. The highest BCUT2D eigenvalue weighted by atomic mass is 32.2. The molecule has 0 aromatic heterocycles. The molecular weight excluding hydrogens is 457 g/mol. The molecular formula is C24H24FN5O3S. The molecule has 1 amide bonds. The summed E-state index contributed by atoms with van der Waals surface area (Å²) in [5.41, 5.74) is 7.50. The van der Waals surface area contributed by atoms with Gasteiger partial charge in [-0.25, -0.2) is 17.9 Å². The van der Waals surface area contributed by atoms with Crippen LogP contribution in [0, 0.1) is 11.2 Å². The van der Waals surface area contributed by atoms with Crippen LogP contribution in [0.25, 0.3) is 11.1 Å². The van der Waals surface area contributed by atoms with Crippen molar-refractivity contribution < 1.29 is 17.6 Å². The number of anilines is 2. The number of carbonyl (C=O) groups excluding carboxylic acids is 1. The van der Waals surface area contributed by atoms with Gasteiger partial charge >= 0.3 is 0 Å². The average Bonchev–Trinajstić information content (AvgIpc) is 3.30. The molecule has 1 saturated heterocycles. The molecule has 1 aliphatic rings. The normalized spacial score (nSPS) is 15.8. The van der Waals surface area contributed by atoms with Crippen LogP contribution in [0.1, 0.15) is 18.4 Å². The van der Waals surface area contributed by atoms with Crippen molar-refractivity contribution in [1.82, 2.24) is 0 Å². The number of amides is 1. The van der Waals surface area contributed by atoms with E-state index in [-0.39, 0.29) is 27.9 Å². The number of nitrogens with two attached hydrogens (primary N) is 2. The highest BCUT2D eigenvalue weighted by molar-refractivity contribution is 7.89. The van der Waals surface area contributed by atoms with Crippen molar-refractivity contribution >= 4 is 33.1 Å². The fourth-order valence-electron chi connectivity index (χ4n) is 4.15. The summed E-state index contributed by atoms with van der Waals surface area (Å²) >= 11 is 0. The van der Waals surface area contributed by atoms with E-state index in [0.717, 1.165) is 12.1 Å². The van der Waals surface area contributed by atoms with E-state index in [0.29, 0.717) is 24.1 Å². The largest absolute Gasteiger partial charge is 0.384 e. The van der Waals surface area contributed by atoms with Gasteiger partial charge in [0.25, 0.3) is 0 Å². The summed E-state index contributed by atoms with van der Waals surface area (Å²) in [6.07, 6.45) is 1.38. The third kappa shape index (κ3) is 4.78. The molecule has 1 fully saturated rings. The van der Waals surface area contributed by atoms with Gasteiger partial charge in [-0.15, -0.1) is 0 Å². The van der Waals surface area contributed by atoms with E-state index >= 15 is 0 Å². The molecule has 3 aromatic carbocycles. The predicted octanol–water partition coefficient (Wildman–Crippen LogP) is 3.03. The van der Waals surface area contributed by atoms with E-state index in [9.17, 15) is 17.6 Å². The van der Waals surface area contributed by atoms with Crippen LogP contribution in [0.2, 0.25) is 0 Å². The second kappa shape index (κ2) is 9.24. The Hall–Kier alpha value is -3.76. The molecule has 8 nitrogen and oxygen atoms in total. The fourth-order valence-corrected chi connectivity index (χ4v) is 4.91. The number of halogens is 1. The van der Waals surface area contributed by atoms with Gasteiger partial charge in [0, 0.05) is 23.4 Å². The summed E-state index contributed by atoms with van der Waals surface area (Å²) in [7, 11) is -3.99. The summed E-state index contributed by atoms with van der Waals surface area (Å²) in [6, 6.07) is 16.8. The number of nitrogens with zero attached hydrogens (tertiary/aromatic N) is 1.